The molecule has 0 saturated heterocycles. The lowest BCUT2D eigenvalue weighted by molar-refractivity contribution is -0.145. The van der Waals surface area contributed by atoms with E-state index >= 15 is 0 Å². The molecule has 0 spiro atoms. The van der Waals surface area contributed by atoms with Gasteiger partial charge in [0.15, 0.2) is 11.4 Å². The number of aromatic nitrogens is 1. The zero-order valence-corrected chi connectivity index (χ0v) is 23.8. The molecule has 2 aromatic carbocycles. The van der Waals surface area contributed by atoms with Crippen LogP contribution in [0.1, 0.15) is 44.9 Å². The van der Waals surface area contributed by atoms with Gasteiger partial charge in [0.2, 0.25) is 0 Å². The van der Waals surface area contributed by atoms with Crippen molar-refractivity contribution in [1.29, 1.82) is 0 Å². The smallest absolute Gasteiger partial charge is 0.344 e. The average Bonchev–Trinajstić information content (AvgIpc) is 3.22. The van der Waals surface area contributed by atoms with Crippen molar-refractivity contribution in [2.45, 2.75) is 33.7 Å². The molecule has 4 rings (SSSR count). The third-order valence-electron chi connectivity index (χ3n) is 6.33. The third-order valence-corrected chi connectivity index (χ3v) is 7.56. The summed E-state index contributed by atoms with van der Waals surface area (Å²) in [6.45, 7) is 8.61. The fourth-order valence-corrected chi connectivity index (χ4v) is 5.57. The molecular weight excluding hydrogens is 538 g/mol. The van der Waals surface area contributed by atoms with Crippen molar-refractivity contribution < 1.29 is 19.1 Å². The largest absolute Gasteiger partial charge is 0.482 e. The standard InChI is InChI=1S/C29H30ClN3O5S/c1-5-32(6-2)28(36)25-18(4)31-29-33(26(25)20-10-12-21(30)13-11-20)27(35)23(39-29)16-19-8-14-22(15-9-19)38-17-24(34)37-7-3/h8-16,26H,5-7,17H2,1-4H3/b23-16+/t26-/m0/s1. The van der Waals surface area contributed by atoms with E-state index in [1.807, 2.05) is 32.9 Å². The molecule has 10 heteroatoms. The minimum absolute atomic E-state index is 0.145. The van der Waals surface area contributed by atoms with Crippen LogP contribution in [-0.4, -0.2) is 47.6 Å². The quantitative estimate of drug-likeness (QED) is 0.368. The molecule has 0 bridgehead atoms. The van der Waals surface area contributed by atoms with E-state index in [0.717, 1.165) is 11.1 Å². The predicted octanol–water partition coefficient (Wildman–Crippen LogP) is 3.70. The van der Waals surface area contributed by atoms with E-state index in [2.05, 4.69) is 4.99 Å². The van der Waals surface area contributed by atoms with Gasteiger partial charge in [-0.15, -0.1) is 0 Å². The van der Waals surface area contributed by atoms with Crippen LogP contribution in [0.5, 0.6) is 5.75 Å². The van der Waals surface area contributed by atoms with Crippen LogP contribution in [0.3, 0.4) is 0 Å². The Labute approximate surface area is 235 Å². The summed E-state index contributed by atoms with van der Waals surface area (Å²) >= 11 is 7.42. The number of benzene rings is 2. The lowest BCUT2D eigenvalue weighted by atomic mass is 9.94. The topological polar surface area (TPSA) is 90.2 Å². The van der Waals surface area contributed by atoms with Crippen molar-refractivity contribution in [3.8, 4) is 5.75 Å². The fraction of sp³-hybridized carbons (Fsp3) is 0.310. The lowest BCUT2D eigenvalue weighted by Crippen LogP contribution is -2.43. The van der Waals surface area contributed by atoms with Gasteiger partial charge in [-0.25, -0.2) is 9.79 Å². The molecule has 1 aromatic heterocycles. The van der Waals surface area contributed by atoms with Crippen LogP contribution in [0.4, 0.5) is 0 Å². The Hall–Kier alpha value is -3.69. The molecule has 3 aromatic rings. The molecule has 0 fully saturated rings. The summed E-state index contributed by atoms with van der Waals surface area (Å²) in [7, 11) is 0. The Morgan fingerprint density at radius 3 is 2.36 bits per heavy atom. The van der Waals surface area contributed by atoms with Gasteiger partial charge in [0.05, 0.1) is 28.5 Å². The number of thiazole rings is 1. The summed E-state index contributed by atoms with van der Waals surface area (Å²) in [6, 6.07) is 13.6. The van der Waals surface area contributed by atoms with Gasteiger partial charge in [-0.1, -0.05) is 47.2 Å². The molecule has 0 N–H and O–H groups in total. The van der Waals surface area contributed by atoms with Crippen molar-refractivity contribution in [3.63, 3.8) is 0 Å². The van der Waals surface area contributed by atoms with Gasteiger partial charge in [0.1, 0.15) is 5.75 Å². The Morgan fingerprint density at radius 1 is 1.08 bits per heavy atom. The molecule has 0 saturated carbocycles. The van der Waals surface area contributed by atoms with Crippen LogP contribution in [0, 0.1) is 0 Å². The fourth-order valence-electron chi connectivity index (χ4n) is 4.39. The molecule has 204 valence electrons. The monoisotopic (exact) mass is 567 g/mol. The van der Waals surface area contributed by atoms with Crippen LogP contribution in [0.15, 0.2) is 69.6 Å². The maximum absolute atomic E-state index is 13.8. The maximum atomic E-state index is 13.8. The highest BCUT2D eigenvalue weighted by Gasteiger charge is 2.34. The van der Waals surface area contributed by atoms with Crippen molar-refractivity contribution in [2.75, 3.05) is 26.3 Å². The summed E-state index contributed by atoms with van der Waals surface area (Å²) in [5, 5.41) is 0.568. The molecule has 2 heterocycles. The molecule has 0 unspecified atom stereocenters. The zero-order chi connectivity index (χ0) is 28.1. The predicted molar refractivity (Wildman–Crippen MR) is 152 cm³/mol. The highest BCUT2D eigenvalue weighted by atomic mass is 35.5. The van der Waals surface area contributed by atoms with E-state index in [4.69, 9.17) is 21.1 Å². The first kappa shape index (κ1) is 28.3. The molecule has 39 heavy (non-hydrogen) atoms. The molecule has 1 aliphatic heterocycles. The number of esters is 1. The molecular formula is C29H30ClN3O5S. The summed E-state index contributed by atoms with van der Waals surface area (Å²) in [5.74, 6) is -0.0689. The highest BCUT2D eigenvalue weighted by Crippen LogP contribution is 2.31. The number of hydrogen-bond donors (Lipinski definition) is 0. The second kappa shape index (κ2) is 12.4. The van der Waals surface area contributed by atoms with Crippen molar-refractivity contribution in [3.05, 3.63) is 95.6 Å². The van der Waals surface area contributed by atoms with Crippen LogP contribution in [0.25, 0.3) is 6.08 Å². The number of fused-ring (bicyclic) bond motifs is 1. The van der Waals surface area contributed by atoms with Crippen LogP contribution in [-0.2, 0) is 14.3 Å². The second-order valence-electron chi connectivity index (χ2n) is 8.77. The number of halogens is 1. The number of hydrogen-bond acceptors (Lipinski definition) is 7. The number of nitrogens with zero attached hydrogens (tertiary/aromatic N) is 3. The second-order valence-corrected chi connectivity index (χ2v) is 10.2. The molecule has 8 nitrogen and oxygen atoms in total. The number of ether oxygens (including phenoxy) is 2. The SMILES string of the molecule is CCOC(=O)COc1ccc(/C=c2/sc3n(c2=O)[C@@H](c2ccc(Cl)cc2)C(C(=O)N(CC)CC)=C(C)N=3)cc1. The van der Waals surface area contributed by atoms with E-state index in [1.165, 1.54) is 11.3 Å². The van der Waals surface area contributed by atoms with Gasteiger partial charge in [0.25, 0.3) is 11.5 Å². The minimum Gasteiger partial charge on any atom is -0.482 e. The molecule has 1 aliphatic rings. The van der Waals surface area contributed by atoms with Crippen molar-refractivity contribution in [1.82, 2.24) is 9.47 Å². The number of amides is 1. The van der Waals surface area contributed by atoms with E-state index in [9.17, 15) is 14.4 Å². The third kappa shape index (κ3) is 6.15. The Balaban J connectivity index is 1.75. The summed E-state index contributed by atoms with van der Waals surface area (Å²) < 4.78 is 12.4. The van der Waals surface area contributed by atoms with Gasteiger partial charge in [-0.05, 0) is 69.2 Å². The first-order valence-electron chi connectivity index (χ1n) is 12.7. The van der Waals surface area contributed by atoms with E-state index < -0.39 is 12.0 Å². The van der Waals surface area contributed by atoms with E-state index in [0.29, 0.717) is 51.1 Å². The molecule has 0 aliphatic carbocycles. The molecule has 1 atom stereocenters. The maximum Gasteiger partial charge on any atom is 0.344 e. The van der Waals surface area contributed by atoms with Crippen LogP contribution >= 0.6 is 22.9 Å². The molecule has 0 radical (unpaired) electrons. The summed E-state index contributed by atoms with van der Waals surface area (Å²) in [5.41, 5.74) is 2.38. The average molecular weight is 568 g/mol. The normalized spacial score (nSPS) is 15.0. The zero-order valence-electron chi connectivity index (χ0n) is 22.3. The number of carbonyl (C=O) groups excluding carboxylic acids is 2. The molecule has 1 amide bonds. The Morgan fingerprint density at radius 2 is 1.74 bits per heavy atom. The first-order valence-corrected chi connectivity index (χ1v) is 13.9. The van der Waals surface area contributed by atoms with Gasteiger partial charge in [-0.2, -0.15) is 0 Å². The van der Waals surface area contributed by atoms with Crippen molar-refractivity contribution in [2.24, 2.45) is 4.99 Å². The van der Waals surface area contributed by atoms with Crippen LogP contribution in [0.2, 0.25) is 5.02 Å². The van der Waals surface area contributed by atoms with Gasteiger partial charge in [0, 0.05) is 18.1 Å². The highest BCUT2D eigenvalue weighted by molar-refractivity contribution is 7.07. The summed E-state index contributed by atoms with van der Waals surface area (Å²) in [6.07, 6.45) is 1.78. The Kier molecular flexibility index (Phi) is 9.04. The minimum atomic E-state index is -0.632. The lowest BCUT2D eigenvalue weighted by Gasteiger charge is -2.29. The van der Waals surface area contributed by atoms with Gasteiger partial charge < -0.3 is 14.4 Å². The Bertz CT molecular complexity index is 1570. The van der Waals surface area contributed by atoms with Gasteiger partial charge in [-0.3, -0.25) is 14.2 Å². The summed E-state index contributed by atoms with van der Waals surface area (Å²) in [4.78, 5) is 45.9. The number of carbonyl (C=O) groups is 2. The number of rotatable bonds is 9. The van der Waals surface area contributed by atoms with Crippen molar-refractivity contribution >= 4 is 40.9 Å². The van der Waals surface area contributed by atoms with E-state index in [-0.39, 0.29) is 18.1 Å². The number of likely N-dealkylation sites (N-methyl/N-ethyl adjacent to an activating group) is 1. The van der Waals surface area contributed by atoms with E-state index in [1.54, 1.807) is 58.9 Å². The number of allylic oxidation sites excluding steroid dienone is 1. The van der Waals surface area contributed by atoms with Crippen LogP contribution < -0.4 is 19.6 Å². The van der Waals surface area contributed by atoms with Gasteiger partial charge >= 0.3 is 5.97 Å². The first-order chi connectivity index (χ1) is 18.8.